The van der Waals surface area contributed by atoms with E-state index < -0.39 is 0 Å². The van der Waals surface area contributed by atoms with E-state index in [0.29, 0.717) is 12.3 Å². The number of aromatic hydroxyl groups is 1. The molecule has 1 aliphatic rings. The molecule has 3 rings (SSSR count). The molecule has 2 aromatic rings. The van der Waals surface area contributed by atoms with Gasteiger partial charge in [-0.3, -0.25) is 4.79 Å². The number of hydrogen-bond donors (Lipinski definition) is 2. The normalized spacial score (nSPS) is 17.9. The van der Waals surface area contributed by atoms with Gasteiger partial charge < -0.3 is 15.2 Å². The lowest BCUT2D eigenvalue weighted by Crippen LogP contribution is -2.36. The number of nitrogens with one attached hydrogen (secondary N) is 1. The SMILES string of the molecule is C/C(=C\CC/C(C)=C/CCC1(C)CCc2cc(O)c(C)c(C)c2O1)CC/C=C(\C)C(=O)NCc1ccccc1. The van der Waals surface area contributed by atoms with E-state index in [2.05, 4.69) is 38.2 Å². The molecular weight excluding hydrogens is 482 g/mol. The number of hydrogen-bond acceptors (Lipinski definition) is 3. The molecule has 0 radical (unpaired) electrons. The maximum atomic E-state index is 12.3. The molecule has 0 spiro atoms. The minimum atomic E-state index is -0.168. The maximum Gasteiger partial charge on any atom is 0.246 e. The summed E-state index contributed by atoms with van der Waals surface area (Å²) < 4.78 is 6.50. The van der Waals surface area contributed by atoms with Crippen molar-refractivity contribution < 1.29 is 14.6 Å². The zero-order valence-electron chi connectivity index (χ0n) is 24.8. The molecule has 0 fully saturated rings. The van der Waals surface area contributed by atoms with Gasteiger partial charge in [-0.15, -0.1) is 0 Å². The Bertz CT molecular complexity index is 1220. The zero-order valence-corrected chi connectivity index (χ0v) is 24.8. The Morgan fingerprint density at radius 3 is 2.31 bits per heavy atom. The minimum absolute atomic E-state index is 0.00230. The molecule has 2 N–H and O–H groups in total. The highest BCUT2D eigenvalue weighted by Crippen LogP contribution is 2.41. The van der Waals surface area contributed by atoms with Crippen LogP contribution in [-0.2, 0) is 17.8 Å². The van der Waals surface area contributed by atoms with E-state index in [1.807, 2.05) is 63.2 Å². The van der Waals surface area contributed by atoms with Crippen molar-refractivity contribution in [3.05, 3.63) is 93.6 Å². The molecule has 4 nitrogen and oxygen atoms in total. The van der Waals surface area contributed by atoms with E-state index in [1.54, 1.807) is 0 Å². The number of phenols is 1. The van der Waals surface area contributed by atoms with Gasteiger partial charge in [0.05, 0.1) is 0 Å². The average Bonchev–Trinajstić information content (AvgIpc) is 2.91. The fourth-order valence-electron chi connectivity index (χ4n) is 5.04. The number of fused-ring (bicyclic) bond motifs is 1. The second kappa shape index (κ2) is 14.2. The summed E-state index contributed by atoms with van der Waals surface area (Å²) in [5.41, 5.74) is 7.60. The van der Waals surface area contributed by atoms with Crippen LogP contribution in [0, 0.1) is 13.8 Å². The van der Waals surface area contributed by atoms with Crippen molar-refractivity contribution in [2.45, 2.75) is 105 Å². The summed E-state index contributed by atoms with van der Waals surface area (Å²) in [5.74, 6) is 1.34. The lowest BCUT2D eigenvalue weighted by molar-refractivity contribution is -0.117. The first-order chi connectivity index (χ1) is 18.6. The Balaban J connectivity index is 1.37. The van der Waals surface area contributed by atoms with Crippen molar-refractivity contribution in [3.63, 3.8) is 0 Å². The predicted molar refractivity (Wildman–Crippen MR) is 162 cm³/mol. The van der Waals surface area contributed by atoms with Gasteiger partial charge in [-0.2, -0.15) is 0 Å². The second-order valence-electron chi connectivity index (χ2n) is 11.5. The summed E-state index contributed by atoms with van der Waals surface area (Å²) in [5, 5.41) is 13.1. The fourth-order valence-corrected chi connectivity index (χ4v) is 5.04. The molecule has 0 aliphatic carbocycles. The van der Waals surface area contributed by atoms with E-state index in [1.165, 1.54) is 11.1 Å². The number of carbonyl (C=O) groups is 1. The van der Waals surface area contributed by atoms with Crippen LogP contribution in [0.3, 0.4) is 0 Å². The molecular formula is C35H47NO3. The first-order valence-corrected chi connectivity index (χ1v) is 14.4. The van der Waals surface area contributed by atoms with Gasteiger partial charge in [-0.1, -0.05) is 59.7 Å². The Labute approximate surface area is 235 Å². The van der Waals surface area contributed by atoms with Crippen molar-refractivity contribution in [2.75, 3.05) is 0 Å². The zero-order chi connectivity index (χ0) is 28.4. The molecule has 1 heterocycles. The van der Waals surface area contributed by atoms with Crippen molar-refractivity contribution in [3.8, 4) is 11.5 Å². The number of rotatable bonds is 12. The largest absolute Gasteiger partial charge is 0.508 e. The van der Waals surface area contributed by atoms with E-state index >= 15 is 0 Å². The number of benzene rings is 2. The number of phenolic OH excluding ortho intramolecular Hbond substituents is 1. The van der Waals surface area contributed by atoms with Crippen LogP contribution in [0.2, 0.25) is 0 Å². The molecule has 39 heavy (non-hydrogen) atoms. The highest BCUT2D eigenvalue weighted by atomic mass is 16.5. The van der Waals surface area contributed by atoms with Crippen LogP contribution in [0.1, 0.15) is 94.9 Å². The van der Waals surface area contributed by atoms with E-state index in [0.717, 1.165) is 84.9 Å². The molecule has 0 saturated carbocycles. The van der Waals surface area contributed by atoms with Crippen LogP contribution in [0.25, 0.3) is 0 Å². The Morgan fingerprint density at radius 1 is 0.974 bits per heavy atom. The van der Waals surface area contributed by atoms with E-state index in [4.69, 9.17) is 4.74 Å². The first-order valence-electron chi connectivity index (χ1n) is 14.4. The van der Waals surface area contributed by atoms with Gasteiger partial charge in [-0.05, 0) is 121 Å². The fraction of sp³-hybridized carbons (Fsp3) is 0.457. The summed E-state index contributed by atoms with van der Waals surface area (Å²) in [6.07, 6.45) is 14.6. The molecule has 210 valence electrons. The summed E-state index contributed by atoms with van der Waals surface area (Å²) >= 11 is 0. The number of allylic oxidation sites excluding steroid dienone is 5. The molecule has 1 atom stereocenters. The molecule has 0 aromatic heterocycles. The van der Waals surface area contributed by atoms with Gasteiger partial charge in [-0.25, -0.2) is 0 Å². The molecule has 0 saturated heterocycles. The third-order valence-electron chi connectivity index (χ3n) is 8.00. The molecule has 4 heteroatoms. The van der Waals surface area contributed by atoms with Gasteiger partial charge in [0.1, 0.15) is 17.1 Å². The van der Waals surface area contributed by atoms with Crippen molar-refractivity contribution in [1.29, 1.82) is 0 Å². The van der Waals surface area contributed by atoms with Crippen LogP contribution in [0.4, 0.5) is 0 Å². The summed E-state index contributed by atoms with van der Waals surface area (Å²) in [6.45, 7) is 13.1. The smallest absolute Gasteiger partial charge is 0.246 e. The number of ether oxygens (including phenoxy) is 1. The van der Waals surface area contributed by atoms with Gasteiger partial charge in [0.15, 0.2) is 0 Å². The van der Waals surface area contributed by atoms with Gasteiger partial charge in [0.2, 0.25) is 5.91 Å². The number of amides is 1. The minimum Gasteiger partial charge on any atom is -0.508 e. The topological polar surface area (TPSA) is 58.6 Å². The molecule has 2 aromatic carbocycles. The van der Waals surface area contributed by atoms with Crippen LogP contribution >= 0.6 is 0 Å². The predicted octanol–water partition coefficient (Wildman–Crippen LogP) is 8.59. The Morgan fingerprint density at radius 2 is 1.62 bits per heavy atom. The lowest BCUT2D eigenvalue weighted by Gasteiger charge is -2.37. The first kappa shape index (κ1) is 30.3. The number of carbonyl (C=O) groups excluding carboxylic acids is 1. The lowest BCUT2D eigenvalue weighted by atomic mass is 9.87. The van der Waals surface area contributed by atoms with E-state index in [9.17, 15) is 9.90 Å². The van der Waals surface area contributed by atoms with Crippen LogP contribution in [0.5, 0.6) is 11.5 Å². The van der Waals surface area contributed by atoms with Crippen LogP contribution in [-0.4, -0.2) is 16.6 Å². The monoisotopic (exact) mass is 529 g/mol. The third-order valence-corrected chi connectivity index (χ3v) is 8.00. The van der Waals surface area contributed by atoms with Gasteiger partial charge in [0, 0.05) is 12.1 Å². The third kappa shape index (κ3) is 9.16. The van der Waals surface area contributed by atoms with Crippen LogP contribution < -0.4 is 10.1 Å². The highest BCUT2D eigenvalue weighted by molar-refractivity contribution is 5.92. The van der Waals surface area contributed by atoms with E-state index in [-0.39, 0.29) is 11.5 Å². The van der Waals surface area contributed by atoms with Crippen LogP contribution in [0.15, 0.2) is 71.3 Å². The molecule has 1 aliphatic heterocycles. The van der Waals surface area contributed by atoms with Crippen molar-refractivity contribution in [2.24, 2.45) is 0 Å². The van der Waals surface area contributed by atoms with Gasteiger partial charge in [0.25, 0.3) is 0 Å². The van der Waals surface area contributed by atoms with Gasteiger partial charge >= 0.3 is 0 Å². The highest BCUT2D eigenvalue weighted by Gasteiger charge is 2.32. The molecule has 1 unspecified atom stereocenters. The summed E-state index contributed by atoms with van der Waals surface area (Å²) in [6, 6.07) is 11.9. The Hall–Kier alpha value is -3.27. The quantitative estimate of drug-likeness (QED) is 0.214. The average molecular weight is 530 g/mol. The van der Waals surface area contributed by atoms with Crippen molar-refractivity contribution >= 4 is 5.91 Å². The molecule has 0 bridgehead atoms. The maximum absolute atomic E-state index is 12.3. The standard InChI is InChI=1S/C35H47NO3/c1-25(15-11-17-27(3)34(38)36-24-30-18-8-7-9-19-30)13-10-14-26(2)16-12-21-35(6)22-20-31-23-32(37)28(4)29(5)33(31)39-35/h7-9,13,16-19,23,37H,10-12,14-15,20-22,24H2,1-6H3,(H,36,38)/b25-13+,26-16+,27-17+. The number of aryl methyl sites for hydroxylation is 1. The molecule has 1 amide bonds. The second-order valence-corrected chi connectivity index (χ2v) is 11.5. The van der Waals surface area contributed by atoms with Crippen molar-refractivity contribution in [1.82, 2.24) is 5.32 Å². The summed E-state index contributed by atoms with van der Waals surface area (Å²) in [7, 11) is 0. The Kier molecular flexibility index (Phi) is 11.0. The summed E-state index contributed by atoms with van der Waals surface area (Å²) in [4.78, 5) is 12.3.